The fourth-order valence-electron chi connectivity index (χ4n) is 3.88. The van der Waals surface area contributed by atoms with Crippen LogP contribution >= 0.6 is 0 Å². The Bertz CT molecular complexity index is 395. The second-order valence-electron chi connectivity index (χ2n) is 10.6. The van der Waals surface area contributed by atoms with Crippen LogP contribution in [0.3, 0.4) is 0 Å². The predicted molar refractivity (Wildman–Crippen MR) is 121 cm³/mol. The highest BCUT2D eigenvalue weighted by atomic mass is 28.4. The van der Waals surface area contributed by atoms with E-state index in [0.29, 0.717) is 11.8 Å². The maximum absolute atomic E-state index is 7.14. The van der Waals surface area contributed by atoms with Crippen LogP contribution in [0.2, 0.25) is 36.3 Å². The normalized spacial score (nSPS) is 16.4. The molecule has 0 aromatic rings. The van der Waals surface area contributed by atoms with E-state index in [1.165, 1.54) is 12.8 Å². The molecular weight excluding hydrogens is 336 g/mol. The minimum absolute atomic E-state index is 0.266. The van der Waals surface area contributed by atoms with Crippen molar-refractivity contribution in [1.29, 1.82) is 0 Å². The van der Waals surface area contributed by atoms with Gasteiger partial charge in [0.25, 0.3) is 0 Å². The Balaban J connectivity index is 5.26. The Morgan fingerprint density at radius 1 is 0.760 bits per heavy atom. The van der Waals surface area contributed by atoms with E-state index in [9.17, 15) is 0 Å². The van der Waals surface area contributed by atoms with Gasteiger partial charge in [0.2, 0.25) is 0 Å². The lowest BCUT2D eigenvalue weighted by Crippen LogP contribution is -2.55. The lowest BCUT2D eigenvalue weighted by Gasteiger charge is -2.50. The Morgan fingerprint density at radius 3 is 1.28 bits per heavy atom. The molecule has 0 radical (unpaired) electrons. The zero-order valence-corrected chi connectivity index (χ0v) is 21.0. The van der Waals surface area contributed by atoms with Crippen LogP contribution in [0, 0.1) is 11.8 Å². The summed E-state index contributed by atoms with van der Waals surface area (Å²) >= 11 is 0. The lowest BCUT2D eigenvalue weighted by molar-refractivity contribution is 0.361. The highest BCUT2D eigenvalue weighted by Crippen LogP contribution is 2.50. The molecule has 0 aliphatic heterocycles. The highest BCUT2D eigenvalue weighted by Gasteiger charge is 2.50. The van der Waals surface area contributed by atoms with Crippen molar-refractivity contribution in [2.75, 3.05) is 0 Å². The zero-order valence-electron chi connectivity index (χ0n) is 19.0. The number of allylic oxidation sites excluding steroid dienone is 2. The summed E-state index contributed by atoms with van der Waals surface area (Å²) < 4.78 is 7.14. The van der Waals surface area contributed by atoms with Gasteiger partial charge in [0.15, 0.2) is 16.6 Å². The highest BCUT2D eigenvalue weighted by molar-refractivity contribution is 6.87. The minimum Gasteiger partial charge on any atom is -0.455 e. The van der Waals surface area contributed by atoms with Crippen molar-refractivity contribution in [1.82, 2.24) is 0 Å². The molecule has 3 heteroatoms. The Kier molecular flexibility index (Phi) is 9.14. The van der Waals surface area contributed by atoms with Gasteiger partial charge in [0.1, 0.15) is 0 Å². The molecule has 2 atom stereocenters. The smallest absolute Gasteiger partial charge is 0.179 e. The molecule has 0 saturated heterocycles. The van der Waals surface area contributed by atoms with Gasteiger partial charge in [0.05, 0.1) is 0 Å². The van der Waals surface area contributed by atoms with Gasteiger partial charge in [0, 0.05) is 0 Å². The second-order valence-corrected chi connectivity index (χ2v) is 20.1. The Morgan fingerprint density at radius 2 is 1.04 bits per heavy atom. The van der Waals surface area contributed by atoms with Crippen LogP contribution in [0.15, 0.2) is 25.3 Å². The first kappa shape index (κ1) is 24.9. The molecule has 148 valence electrons. The first-order valence-corrected chi connectivity index (χ1v) is 15.9. The molecule has 0 fully saturated rings. The Labute approximate surface area is 161 Å². The largest absolute Gasteiger partial charge is 0.455 e. The third-order valence-corrected chi connectivity index (χ3v) is 17.6. The number of rotatable bonds is 12. The number of hydrogen-bond acceptors (Lipinski definition) is 1. The van der Waals surface area contributed by atoms with Crippen molar-refractivity contribution in [2.24, 2.45) is 11.8 Å². The van der Waals surface area contributed by atoms with E-state index < -0.39 is 16.6 Å². The average Bonchev–Trinajstić information content (AvgIpc) is 2.35. The molecule has 25 heavy (non-hydrogen) atoms. The quantitative estimate of drug-likeness (QED) is 0.244. The van der Waals surface area contributed by atoms with Crippen molar-refractivity contribution < 1.29 is 4.12 Å². The Hall–Kier alpha value is -0.126. The molecule has 0 heterocycles. The molecule has 0 unspecified atom stereocenters. The van der Waals surface area contributed by atoms with Crippen LogP contribution < -0.4 is 0 Å². The summed E-state index contributed by atoms with van der Waals surface area (Å²) in [5, 5.41) is 0.533. The van der Waals surface area contributed by atoms with Crippen molar-refractivity contribution in [2.45, 2.75) is 103 Å². The van der Waals surface area contributed by atoms with E-state index in [-0.39, 0.29) is 10.1 Å². The van der Waals surface area contributed by atoms with E-state index in [0.717, 1.165) is 12.8 Å². The molecular formula is C22H46OSi2. The topological polar surface area (TPSA) is 9.23 Å². The monoisotopic (exact) mass is 382 g/mol. The van der Waals surface area contributed by atoms with Gasteiger partial charge in [-0.3, -0.25) is 0 Å². The van der Waals surface area contributed by atoms with E-state index >= 15 is 0 Å². The van der Waals surface area contributed by atoms with Crippen LogP contribution in [0.1, 0.15) is 67.2 Å². The van der Waals surface area contributed by atoms with Gasteiger partial charge in [-0.15, -0.1) is 13.2 Å². The van der Waals surface area contributed by atoms with Crippen molar-refractivity contribution in [3.8, 4) is 0 Å². The van der Waals surface area contributed by atoms with Gasteiger partial charge >= 0.3 is 0 Å². The molecule has 0 saturated carbocycles. The molecule has 0 spiro atoms. The summed E-state index contributed by atoms with van der Waals surface area (Å²) in [6, 6.07) is 0. The summed E-state index contributed by atoms with van der Waals surface area (Å²) in [4.78, 5) is 0. The summed E-state index contributed by atoms with van der Waals surface area (Å²) in [6.07, 6.45) is 8.74. The van der Waals surface area contributed by atoms with Gasteiger partial charge in [-0.25, -0.2) is 0 Å². The van der Waals surface area contributed by atoms with Crippen LogP contribution in [0.4, 0.5) is 0 Å². The molecule has 0 aromatic heterocycles. The third kappa shape index (κ3) is 7.18. The summed E-state index contributed by atoms with van der Waals surface area (Å²) in [6.45, 7) is 32.0. The molecule has 0 rings (SSSR count). The van der Waals surface area contributed by atoms with E-state index in [2.05, 4.69) is 93.0 Å². The molecule has 0 amide bonds. The minimum atomic E-state index is -1.83. The summed E-state index contributed by atoms with van der Waals surface area (Å²) in [7, 11) is -3.66. The molecule has 1 nitrogen and oxygen atoms in total. The number of hydrogen-bond donors (Lipinski definition) is 0. The summed E-state index contributed by atoms with van der Waals surface area (Å²) in [5.74, 6) is 1.35. The van der Waals surface area contributed by atoms with Crippen LogP contribution in [0.5, 0.6) is 0 Å². The molecule has 0 bridgehead atoms. The van der Waals surface area contributed by atoms with Gasteiger partial charge in [-0.1, -0.05) is 53.7 Å². The van der Waals surface area contributed by atoms with Gasteiger partial charge in [-0.2, -0.15) is 0 Å². The first-order valence-electron chi connectivity index (χ1n) is 10.0. The second kappa shape index (κ2) is 9.19. The van der Waals surface area contributed by atoms with E-state index in [4.69, 9.17) is 4.12 Å². The SMILES string of the molecule is C=CC[C@@H](C)CC(C)(C)[Si](C)(C)O[Si](C)(C)C(C)(C)C[C@H](C)CC=C. The predicted octanol–water partition coefficient (Wildman–Crippen LogP) is 8.18. The standard InChI is InChI=1S/C22H46OSi2/c1-13-15-19(3)17-21(5,6)24(9,10)23-25(11,12)22(7,8)18-20(4)16-14-2/h13-14,19-20H,1-2,15-18H2,3-12H3/t19-,20-/m1/s1. The van der Waals surface area contributed by atoms with Crippen LogP contribution in [-0.4, -0.2) is 16.6 Å². The fourth-order valence-corrected chi connectivity index (χ4v) is 12.9. The molecule has 0 N–H and O–H groups in total. The molecule has 0 aliphatic rings. The van der Waals surface area contributed by atoms with Crippen LogP contribution in [0.25, 0.3) is 0 Å². The maximum atomic E-state index is 7.14. The van der Waals surface area contributed by atoms with Crippen molar-refractivity contribution in [3.63, 3.8) is 0 Å². The van der Waals surface area contributed by atoms with E-state index in [1.807, 2.05) is 0 Å². The molecule has 0 aromatic carbocycles. The average molecular weight is 383 g/mol. The van der Waals surface area contributed by atoms with Crippen LogP contribution in [-0.2, 0) is 4.12 Å². The van der Waals surface area contributed by atoms with Gasteiger partial charge < -0.3 is 4.12 Å². The third-order valence-electron chi connectivity index (χ3n) is 6.63. The summed E-state index contributed by atoms with van der Waals surface area (Å²) in [5.41, 5.74) is 0. The zero-order chi connectivity index (χ0) is 20.1. The fraction of sp³-hybridized carbons (Fsp3) is 0.818. The van der Waals surface area contributed by atoms with E-state index in [1.54, 1.807) is 0 Å². The lowest BCUT2D eigenvalue weighted by atomic mass is 9.95. The van der Waals surface area contributed by atoms with Crippen molar-refractivity contribution in [3.05, 3.63) is 25.3 Å². The molecule has 0 aliphatic carbocycles. The van der Waals surface area contributed by atoms with Crippen molar-refractivity contribution >= 4 is 16.6 Å². The van der Waals surface area contributed by atoms with Gasteiger partial charge in [-0.05, 0) is 73.8 Å². The first-order chi connectivity index (χ1) is 11.1. The maximum Gasteiger partial charge on any atom is 0.179 e.